The second kappa shape index (κ2) is 5.16. The van der Waals surface area contributed by atoms with E-state index in [0.717, 1.165) is 12.1 Å². The molecule has 0 aliphatic heterocycles. The summed E-state index contributed by atoms with van der Waals surface area (Å²) in [5.41, 5.74) is -0.402. The third-order valence-corrected chi connectivity index (χ3v) is 3.04. The van der Waals surface area contributed by atoms with Crippen molar-refractivity contribution in [2.45, 2.75) is 12.7 Å². The molecule has 7 heteroatoms. The topological polar surface area (TPSA) is 34.9 Å². The van der Waals surface area contributed by atoms with Gasteiger partial charge in [-0.1, -0.05) is 12.1 Å². The predicted molar refractivity (Wildman–Crippen MR) is 66.7 cm³/mol. The Bertz CT molecular complexity index is 635. The molecule has 0 N–H and O–H groups in total. The molecule has 1 aromatic carbocycles. The maximum atomic E-state index is 12.4. The van der Waals surface area contributed by atoms with Gasteiger partial charge in [0.2, 0.25) is 0 Å². The van der Waals surface area contributed by atoms with Crippen LogP contribution >= 0.6 is 15.9 Å². The standard InChI is InChI=1S/C12H8BrF3N2O/c13-10-5-17-7-18(11(10)19)6-8-1-3-9(4-2-8)12(14,15)16/h1-5,7H,6H2. The highest BCUT2D eigenvalue weighted by molar-refractivity contribution is 9.10. The van der Waals surface area contributed by atoms with Crippen molar-refractivity contribution in [2.24, 2.45) is 0 Å². The molecule has 0 aliphatic carbocycles. The van der Waals surface area contributed by atoms with E-state index in [1.807, 2.05) is 0 Å². The molecule has 0 aliphatic rings. The minimum atomic E-state index is -4.35. The average molecular weight is 333 g/mol. The van der Waals surface area contributed by atoms with Crippen LogP contribution in [0.15, 0.2) is 46.1 Å². The summed E-state index contributed by atoms with van der Waals surface area (Å²) < 4.78 is 38.8. The van der Waals surface area contributed by atoms with Gasteiger partial charge in [-0.25, -0.2) is 4.98 Å². The van der Waals surface area contributed by atoms with Crippen LogP contribution in [0, 0.1) is 0 Å². The van der Waals surface area contributed by atoms with E-state index < -0.39 is 11.7 Å². The number of halogens is 4. The lowest BCUT2D eigenvalue weighted by Crippen LogP contribution is -2.21. The largest absolute Gasteiger partial charge is 0.416 e. The molecule has 0 amide bonds. The highest BCUT2D eigenvalue weighted by atomic mass is 79.9. The summed E-state index contributed by atoms with van der Waals surface area (Å²) >= 11 is 3.05. The predicted octanol–water partition coefficient (Wildman–Crippen LogP) is 3.07. The fourth-order valence-corrected chi connectivity index (χ4v) is 1.88. The first kappa shape index (κ1) is 13.8. The van der Waals surface area contributed by atoms with Gasteiger partial charge in [0.15, 0.2) is 0 Å². The summed E-state index contributed by atoms with van der Waals surface area (Å²) in [5.74, 6) is 0. The summed E-state index contributed by atoms with van der Waals surface area (Å²) in [5, 5.41) is 0. The second-order valence-corrected chi connectivity index (χ2v) is 4.72. The van der Waals surface area contributed by atoms with Gasteiger partial charge < -0.3 is 0 Å². The Hall–Kier alpha value is -1.63. The monoisotopic (exact) mass is 332 g/mol. The summed E-state index contributed by atoms with van der Waals surface area (Å²) in [6.45, 7) is 0.170. The van der Waals surface area contributed by atoms with Crippen LogP contribution in [0.4, 0.5) is 13.2 Å². The lowest BCUT2D eigenvalue weighted by atomic mass is 10.1. The van der Waals surface area contributed by atoms with E-state index in [4.69, 9.17) is 0 Å². The van der Waals surface area contributed by atoms with Crippen LogP contribution in [0.5, 0.6) is 0 Å². The van der Waals surface area contributed by atoms with Crippen LogP contribution in [-0.4, -0.2) is 9.55 Å². The maximum Gasteiger partial charge on any atom is 0.416 e. The van der Waals surface area contributed by atoms with E-state index in [1.165, 1.54) is 29.2 Å². The summed E-state index contributed by atoms with van der Waals surface area (Å²) in [6.07, 6.45) is -1.65. The molecular formula is C12H8BrF3N2O. The van der Waals surface area contributed by atoms with Crippen molar-refractivity contribution in [2.75, 3.05) is 0 Å². The van der Waals surface area contributed by atoms with Gasteiger partial charge in [0.1, 0.15) is 4.47 Å². The molecule has 1 heterocycles. The average Bonchev–Trinajstić information content (AvgIpc) is 2.35. The highest BCUT2D eigenvalue weighted by Crippen LogP contribution is 2.29. The lowest BCUT2D eigenvalue weighted by Gasteiger charge is -2.08. The number of hydrogen-bond donors (Lipinski definition) is 0. The summed E-state index contributed by atoms with van der Waals surface area (Å²) in [6, 6.07) is 4.67. The number of hydrogen-bond acceptors (Lipinski definition) is 2. The lowest BCUT2D eigenvalue weighted by molar-refractivity contribution is -0.137. The van der Waals surface area contributed by atoms with Crippen LogP contribution in [0.2, 0.25) is 0 Å². The third kappa shape index (κ3) is 3.23. The number of alkyl halides is 3. The number of nitrogens with zero attached hydrogens (tertiary/aromatic N) is 2. The molecule has 0 saturated carbocycles. The third-order valence-electron chi connectivity index (χ3n) is 2.49. The van der Waals surface area contributed by atoms with Crippen molar-refractivity contribution in [1.82, 2.24) is 9.55 Å². The van der Waals surface area contributed by atoms with Gasteiger partial charge in [0, 0.05) is 6.20 Å². The van der Waals surface area contributed by atoms with Gasteiger partial charge in [-0.05, 0) is 33.6 Å². The maximum absolute atomic E-state index is 12.4. The molecule has 2 aromatic rings. The van der Waals surface area contributed by atoms with Gasteiger partial charge in [0.25, 0.3) is 5.56 Å². The van der Waals surface area contributed by atoms with Gasteiger partial charge in [0.05, 0.1) is 18.4 Å². The number of rotatable bonds is 2. The molecule has 0 saturated heterocycles. The van der Waals surface area contributed by atoms with Crippen molar-refractivity contribution < 1.29 is 13.2 Å². The Morgan fingerprint density at radius 3 is 2.42 bits per heavy atom. The molecule has 3 nitrogen and oxygen atoms in total. The Labute approximate surface area is 114 Å². The first-order valence-electron chi connectivity index (χ1n) is 5.24. The quantitative estimate of drug-likeness (QED) is 0.847. The van der Waals surface area contributed by atoms with E-state index in [-0.39, 0.29) is 12.1 Å². The van der Waals surface area contributed by atoms with E-state index in [1.54, 1.807) is 0 Å². The zero-order chi connectivity index (χ0) is 14.0. The first-order valence-corrected chi connectivity index (χ1v) is 6.03. The van der Waals surface area contributed by atoms with Crippen LogP contribution in [0.25, 0.3) is 0 Å². The molecule has 0 radical (unpaired) electrons. The molecule has 0 unspecified atom stereocenters. The Balaban J connectivity index is 2.25. The van der Waals surface area contributed by atoms with Crippen LogP contribution in [0.1, 0.15) is 11.1 Å². The molecule has 19 heavy (non-hydrogen) atoms. The Morgan fingerprint density at radius 2 is 1.84 bits per heavy atom. The molecule has 0 spiro atoms. The molecule has 2 rings (SSSR count). The van der Waals surface area contributed by atoms with Crippen molar-refractivity contribution in [3.8, 4) is 0 Å². The fraction of sp³-hybridized carbons (Fsp3) is 0.167. The first-order chi connectivity index (χ1) is 8.88. The van der Waals surface area contributed by atoms with Crippen molar-refractivity contribution >= 4 is 15.9 Å². The Morgan fingerprint density at radius 1 is 1.21 bits per heavy atom. The van der Waals surface area contributed by atoms with Gasteiger partial charge in [-0.3, -0.25) is 9.36 Å². The van der Waals surface area contributed by atoms with Gasteiger partial charge >= 0.3 is 6.18 Å². The number of benzene rings is 1. The summed E-state index contributed by atoms with van der Waals surface area (Å²) in [7, 11) is 0. The minimum Gasteiger partial charge on any atom is -0.294 e. The van der Waals surface area contributed by atoms with E-state index >= 15 is 0 Å². The fourth-order valence-electron chi connectivity index (χ4n) is 1.53. The molecule has 0 atom stereocenters. The zero-order valence-corrected chi connectivity index (χ0v) is 11.1. The molecule has 100 valence electrons. The normalized spacial score (nSPS) is 11.6. The Kier molecular flexibility index (Phi) is 3.75. The number of aromatic nitrogens is 2. The SMILES string of the molecule is O=c1c(Br)cncn1Cc1ccc(C(F)(F)F)cc1. The summed E-state index contributed by atoms with van der Waals surface area (Å²) in [4.78, 5) is 15.5. The van der Waals surface area contributed by atoms with Crippen LogP contribution in [-0.2, 0) is 12.7 Å². The van der Waals surface area contributed by atoms with Crippen molar-refractivity contribution in [1.29, 1.82) is 0 Å². The molecule has 0 fully saturated rings. The van der Waals surface area contributed by atoms with Crippen molar-refractivity contribution in [3.63, 3.8) is 0 Å². The molecule has 1 aromatic heterocycles. The van der Waals surface area contributed by atoms with Gasteiger partial charge in [-0.2, -0.15) is 13.2 Å². The van der Waals surface area contributed by atoms with Gasteiger partial charge in [-0.15, -0.1) is 0 Å². The molecule has 0 bridgehead atoms. The second-order valence-electron chi connectivity index (χ2n) is 3.87. The van der Waals surface area contributed by atoms with Crippen LogP contribution in [0.3, 0.4) is 0 Å². The van der Waals surface area contributed by atoms with Crippen LogP contribution < -0.4 is 5.56 Å². The van der Waals surface area contributed by atoms with E-state index in [9.17, 15) is 18.0 Å². The molecular weight excluding hydrogens is 325 g/mol. The van der Waals surface area contributed by atoms with E-state index in [0.29, 0.717) is 10.0 Å². The smallest absolute Gasteiger partial charge is 0.294 e. The minimum absolute atomic E-state index is 0.170. The van der Waals surface area contributed by atoms with E-state index in [2.05, 4.69) is 20.9 Å². The highest BCUT2D eigenvalue weighted by Gasteiger charge is 2.29. The zero-order valence-electron chi connectivity index (χ0n) is 9.49. The van der Waals surface area contributed by atoms with Crippen molar-refractivity contribution in [3.05, 3.63) is 62.7 Å².